The Morgan fingerprint density at radius 1 is 1.14 bits per heavy atom. The predicted octanol–water partition coefficient (Wildman–Crippen LogP) is 4.65. The molecule has 0 unspecified atom stereocenters. The number of carbonyl (C=O) groups excluding carboxylic acids is 1. The van der Waals surface area contributed by atoms with E-state index >= 15 is 0 Å². The maximum absolute atomic E-state index is 12.2. The van der Waals surface area contributed by atoms with Crippen LogP contribution in [0.5, 0.6) is 0 Å². The van der Waals surface area contributed by atoms with Crippen LogP contribution in [-0.4, -0.2) is 24.9 Å². The summed E-state index contributed by atoms with van der Waals surface area (Å²) in [6.07, 6.45) is 8.04. The molecule has 4 rings (SSSR count). The van der Waals surface area contributed by atoms with Crippen molar-refractivity contribution in [1.29, 1.82) is 0 Å². The Morgan fingerprint density at radius 3 is 2.46 bits per heavy atom. The Morgan fingerprint density at radius 2 is 1.82 bits per heavy atom. The van der Waals surface area contributed by atoms with Crippen molar-refractivity contribution in [2.45, 2.75) is 78.7 Å². The molecular formula is C22H32O5S. The minimum absolute atomic E-state index is 0.00637. The van der Waals surface area contributed by atoms with Crippen molar-refractivity contribution in [3.05, 3.63) is 22.8 Å². The van der Waals surface area contributed by atoms with Crippen molar-refractivity contribution < 1.29 is 21.9 Å². The second-order valence-corrected chi connectivity index (χ2v) is 11.1. The molecule has 4 aliphatic carbocycles. The Balaban J connectivity index is 1.64. The molecule has 6 heteroatoms. The van der Waals surface area contributed by atoms with Crippen LogP contribution < -0.4 is 0 Å². The molecule has 28 heavy (non-hydrogen) atoms. The van der Waals surface area contributed by atoms with Crippen LogP contribution in [0.2, 0.25) is 0 Å². The number of ketones is 1. The van der Waals surface area contributed by atoms with Gasteiger partial charge in [-0.1, -0.05) is 31.1 Å². The summed E-state index contributed by atoms with van der Waals surface area (Å²) in [4.78, 5) is 12.2. The average molecular weight is 409 g/mol. The van der Waals surface area contributed by atoms with E-state index < -0.39 is 16.5 Å². The SMILES string of the molecule is CC(=O)C1=CC[C@H]2[C@@H]3CC(C)=C4C[C@@H](OS(=O)(=O)O)CC[C@]4(C)[C@H]3CC[C@]12C. The van der Waals surface area contributed by atoms with Gasteiger partial charge in [0.1, 0.15) is 0 Å². The van der Waals surface area contributed by atoms with Gasteiger partial charge in [0.25, 0.3) is 0 Å². The lowest BCUT2D eigenvalue weighted by Gasteiger charge is -2.58. The number of Topliss-reactive ketones (excluding diaryl/α,β-unsaturated/α-hetero) is 1. The van der Waals surface area contributed by atoms with E-state index in [0.717, 1.165) is 37.7 Å². The molecular weight excluding hydrogens is 376 g/mol. The highest BCUT2D eigenvalue weighted by molar-refractivity contribution is 7.80. The second kappa shape index (κ2) is 6.51. The van der Waals surface area contributed by atoms with Crippen LogP contribution in [0.1, 0.15) is 72.6 Å². The first kappa shape index (κ1) is 20.3. The second-order valence-electron chi connectivity index (χ2n) is 10.0. The highest BCUT2D eigenvalue weighted by Crippen LogP contribution is 2.66. The Labute approximate surface area is 168 Å². The third-order valence-electron chi connectivity index (χ3n) is 8.64. The van der Waals surface area contributed by atoms with Crippen molar-refractivity contribution in [2.24, 2.45) is 28.6 Å². The van der Waals surface area contributed by atoms with E-state index in [9.17, 15) is 13.2 Å². The Hall–Kier alpha value is -0.980. The standard InChI is InChI=1S/C22H32O5S/c1-13-11-16-18-6-5-17(14(2)23)21(18,3)10-8-19(16)22(4)9-7-15(12-20(13)22)27-28(24,25)26/h5,15-16,18-19H,6-12H2,1-4H3,(H,24,25,26)/t15-,16-,18-,19-,21+,22+/m0/s1. The zero-order chi connectivity index (χ0) is 20.5. The fourth-order valence-electron chi connectivity index (χ4n) is 7.45. The van der Waals surface area contributed by atoms with Crippen LogP contribution in [0, 0.1) is 28.6 Å². The smallest absolute Gasteiger partial charge is 0.295 e. The summed E-state index contributed by atoms with van der Waals surface area (Å²) in [5.41, 5.74) is 3.81. The number of hydrogen-bond acceptors (Lipinski definition) is 4. The van der Waals surface area contributed by atoms with Gasteiger partial charge in [-0.2, -0.15) is 8.42 Å². The van der Waals surface area contributed by atoms with Gasteiger partial charge in [-0.05, 0) is 93.0 Å². The van der Waals surface area contributed by atoms with Crippen LogP contribution in [0.3, 0.4) is 0 Å². The molecule has 0 aromatic rings. The Kier molecular flexibility index (Phi) is 4.72. The van der Waals surface area contributed by atoms with Gasteiger partial charge in [-0.25, -0.2) is 4.18 Å². The lowest BCUT2D eigenvalue weighted by atomic mass is 9.46. The van der Waals surface area contributed by atoms with Crippen LogP contribution in [0.25, 0.3) is 0 Å². The summed E-state index contributed by atoms with van der Waals surface area (Å²) in [5, 5.41) is 0. The van der Waals surface area contributed by atoms with Gasteiger partial charge in [0.2, 0.25) is 0 Å². The lowest BCUT2D eigenvalue weighted by molar-refractivity contribution is -0.115. The van der Waals surface area contributed by atoms with E-state index in [-0.39, 0.29) is 16.6 Å². The zero-order valence-electron chi connectivity index (χ0n) is 17.3. The summed E-state index contributed by atoms with van der Waals surface area (Å²) in [6, 6.07) is 0. The molecule has 0 heterocycles. The van der Waals surface area contributed by atoms with E-state index in [1.54, 1.807) is 6.92 Å². The number of hydrogen-bond donors (Lipinski definition) is 1. The molecule has 2 fully saturated rings. The topological polar surface area (TPSA) is 80.7 Å². The predicted molar refractivity (Wildman–Crippen MR) is 107 cm³/mol. The number of rotatable bonds is 3. The summed E-state index contributed by atoms with van der Waals surface area (Å²) in [7, 11) is -4.42. The summed E-state index contributed by atoms with van der Waals surface area (Å²) in [6.45, 7) is 8.53. The maximum Gasteiger partial charge on any atom is 0.397 e. The molecule has 0 aromatic heterocycles. The first-order valence-corrected chi connectivity index (χ1v) is 11.9. The minimum atomic E-state index is -4.42. The van der Waals surface area contributed by atoms with Gasteiger partial charge in [0.05, 0.1) is 6.10 Å². The molecule has 1 N–H and O–H groups in total. The summed E-state index contributed by atoms with van der Waals surface area (Å²) in [5.74, 6) is 1.88. The highest BCUT2D eigenvalue weighted by Gasteiger charge is 2.58. The first-order valence-electron chi connectivity index (χ1n) is 10.5. The van der Waals surface area contributed by atoms with E-state index in [2.05, 4.69) is 26.8 Å². The van der Waals surface area contributed by atoms with E-state index in [1.807, 2.05) is 0 Å². The molecule has 0 bridgehead atoms. The zero-order valence-corrected chi connectivity index (χ0v) is 18.1. The van der Waals surface area contributed by atoms with Gasteiger partial charge < -0.3 is 0 Å². The van der Waals surface area contributed by atoms with Crippen molar-refractivity contribution in [3.63, 3.8) is 0 Å². The fraction of sp³-hybridized carbons (Fsp3) is 0.773. The number of allylic oxidation sites excluding steroid dienone is 3. The average Bonchev–Trinajstić information content (AvgIpc) is 2.92. The monoisotopic (exact) mass is 408 g/mol. The highest BCUT2D eigenvalue weighted by atomic mass is 32.3. The van der Waals surface area contributed by atoms with Gasteiger partial charge in [0.15, 0.2) is 5.78 Å². The van der Waals surface area contributed by atoms with Crippen molar-refractivity contribution >= 4 is 16.2 Å². The van der Waals surface area contributed by atoms with E-state index in [4.69, 9.17) is 8.74 Å². The molecule has 0 spiro atoms. The van der Waals surface area contributed by atoms with Crippen molar-refractivity contribution in [1.82, 2.24) is 0 Å². The van der Waals surface area contributed by atoms with Crippen LogP contribution in [0.4, 0.5) is 0 Å². The van der Waals surface area contributed by atoms with Gasteiger partial charge in [-0.3, -0.25) is 9.35 Å². The van der Waals surface area contributed by atoms with Crippen molar-refractivity contribution in [2.75, 3.05) is 0 Å². The minimum Gasteiger partial charge on any atom is -0.295 e. The first-order chi connectivity index (χ1) is 13.0. The molecule has 156 valence electrons. The van der Waals surface area contributed by atoms with E-state index in [1.165, 1.54) is 11.1 Å². The van der Waals surface area contributed by atoms with Gasteiger partial charge in [-0.15, -0.1) is 0 Å². The quantitative estimate of drug-likeness (QED) is 0.543. The normalized spacial score (nSPS) is 43.1. The van der Waals surface area contributed by atoms with E-state index in [0.29, 0.717) is 30.6 Å². The van der Waals surface area contributed by atoms with Crippen LogP contribution >= 0.6 is 0 Å². The lowest BCUT2D eigenvalue weighted by Crippen LogP contribution is -2.51. The maximum atomic E-state index is 12.2. The number of fused-ring (bicyclic) bond motifs is 5. The van der Waals surface area contributed by atoms with Gasteiger partial charge in [0, 0.05) is 0 Å². The molecule has 0 aromatic carbocycles. The van der Waals surface area contributed by atoms with Crippen LogP contribution in [0.15, 0.2) is 22.8 Å². The molecule has 0 saturated heterocycles. The summed E-state index contributed by atoms with van der Waals surface area (Å²) >= 11 is 0. The molecule has 2 saturated carbocycles. The largest absolute Gasteiger partial charge is 0.397 e. The Bertz CT molecular complexity index is 869. The third kappa shape index (κ3) is 3.03. The molecule has 0 radical (unpaired) electrons. The summed E-state index contributed by atoms with van der Waals surface area (Å²) < 4.78 is 36.4. The van der Waals surface area contributed by atoms with Crippen LogP contribution in [-0.2, 0) is 19.4 Å². The van der Waals surface area contributed by atoms with Gasteiger partial charge >= 0.3 is 10.4 Å². The molecule has 6 atom stereocenters. The third-order valence-corrected chi connectivity index (χ3v) is 9.15. The number of carbonyl (C=O) groups is 1. The fourth-order valence-corrected chi connectivity index (χ4v) is 7.96. The molecule has 0 aliphatic heterocycles. The molecule has 5 nitrogen and oxygen atoms in total. The van der Waals surface area contributed by atoms with Crippen molar-refractivity contribution in [3.8, 4) is 0 Å². The molecule has 0 amide bonds. The molecule has 4 aliphatic rings.